The highest BCUT2D eigenvalue weighted by Gasteiger charge is 2.16. The minimum atomic E-state index is 0.531. The first-order chi connectivity index (χ1) is 6.24. The van der Waals surface area contributed by atoms with Crippen LogP contribution in [0.4, 0.5) is 0 Å². The van der Waals surface area contributed by atoms with E-state index >= 15 is 0 Å². The summed E-state index contributed by atoms with van der Waals surface area (Å²) < 4.78 is 5.39. The molecule has 0 spiro atoms. The van der Waals surface area contributed by atoms with Crippen LogP contribution in [-0.2, 0) is 9.57 Å². The van der Waals surface area contributed by atoms with Gasteiger partial charge in [0.15, 0.2) is 0 Å². The molecule has 0 aliphatic carbocycles. The van der Waals surface area contributed by atoms with Crippen molar-refractivity contribution in [1.29, 1.82) is 0 Å². The summed E-state index contributed by atoms with van der Waals surface area (Å²) in [6.07, 6.45) is 0. The van der Waals surface area contributed by atoms with Gasteiger partial charge in [0.05, 0.1) is 18.9 Å². The number of hydrogen-bond donors (Lipinski definition) is 0. The highest BCUT2D eigenvalue weighted by atomic mass is 16.6. The maximum Gasteiger partial charge on any atom is 0.106 e. The standard InChI is InChI=1S/C9H18N2O2/c1-8(2)11-4-5-13-7-9(6-11)10-12-3/h8H,4-7H2,1-3H3/b10-9-. The van der Waals surface area contributed by atoms with E-state index in [1.165, 1.54) is 0 Å². The van der Waals surface area contributed by atoms with Gasteiger partial charge < -0.3 is 9.57 Å². The summed E-state index contributed by atoms with van der Waals surface area (Å²) in [5.74, 6) is 0. The number of oxime groups is 1. The van der Waals surface area contributed by atoms with E-state index in [1.54, 1.807) is 7.11 Å². The Hall–Kier alpha value is -0.610. The Kier molecular flexibility index (Phi) is 4.18. The highest BCUT2D eigenvalue weighted by Crippen LogP contribution is 2.02. The lowest BCUT2D eigenvalue weighted by Gasteiger charge is -2.23. The van der Waals surface area contributed by atoms with Crippen LogP contribution in [0, 0.1) is 0 Å². The minimum absolute atomic E-state index is 0.531. The van der Waals surface area contributed by atoms with Crippen molar-refractivity contribution in [1.82, 2.24) is 4.90 Å². The van der Waals surface area contributed by atoms with E-state index < -0.39 is 0 Å². The first kappa shape index (κ1) is 10.5. The predicted molar refractivity (Wildman–Crippen MR) is 52.0 cm³/mol. The molecule has 76 valence electrons. The highest BCUT2D eigenvalue weighted by molar-refractivity contribution is 5.87. The Morgan fingerprint density at radius 1 is 1.54 bits per heavy atom. The van der Waals surface area contributed by atoms with Gasteiger partial charge in [-0.15, -0.1) is 0 Å². The van der Waals surface area contributed by atoms with Crippen LogP contribution in [0.1, 0.15) is 13.8 Å². The number of ether oxygens (including phenoxy) is 1. The molecule has 0 saturated carbocycles. The van der Waals surface area contributed by atoms with Crippen molar-refractivity contribution in [2.24, 2.45) is 5.16 Å². The fourth-order valence-electron chi connectivity index (χ4n) is 1.36. The van der Waals surface area contributed by atoms with Crippen molar-refractivity contribution in [3.63, 3.8) is 0 Å². The summed E-state index contributed by atoms with van der Waals surface area (Å²) in [6.45, 7) is 7.55. The Morgan fingerprint density at radius 3 is 2.92 bits per heavy atom. The summed E-state index contributed by atoms with van der Waals surface area (Å²) in [5.41, 5.74) is 0.966. The smallest absolute Gasteiger partial charge is 0.106 e. The molecule has 1 aliphatic rings. The molecule has 1 saturated heterocycles. The maximum atomic E-state index is 5.39. The summed E-state index contributed by atoms with van der Waals surface area (Å²) in [4.78, 5) is 7.07. The average Bonchev–Trinajstić information content (AvgIpc) is 2.30. The Labute approximate surface area is 79.5 Å². The molecule has 4 nitrogen and oxygen atoms in total. The average molecular weight is 186 g/mol. The van der Waals surface area contributed by atoms with Crippen LogP contribution in [0.5, 0.6) is 0 Å². The molecular weight excluding hydrogens is 168 g/mol. The second-order valence-electron chi connectivity index (χ2n) is 3.46. The van der Waals surface area contributed by atoms with Gasteiger partial charge in [0, 0.05) is 19.1 Å². The van der Waals surface area contributed by atoms with Crippen molar-refractivity contribution < 1.29 is 9.57 Å². The molecule has 0 atom stereocenters. The third-order valence-corrected chi connectivity index (χ3v) is 2.13. The monoisotopic (exact) mass is 186 g/mol. The molecule has 0 unspecified atom stereocenters. The lowest BCUT2D eigenvalue weighted by Crippen LogP contribution is -2.36. The van der Waals surface area contributed by atoms with E-state index in [0.717, 1.165) is 25.4 Å². The molecule has 0 aromatic rings. The van der Waals surface area contributed by atoms with Crippen LogP contribution >= 0.6 is 0 Å². The molecule has 1 fully saturated rings. The lowest BCUT2D eigenvalue weighted by atomic mass is 10.3. The van der Waals surface area contributed by atoms with Gasteiger partial charge in [0.2, 0.25) is 0 Å². The summed E-state index contributed by atoms with van der Waals surface area (Å²) in [5, 5.41) is 3.93. The van der Waals surface area contributed by atoms with E-state index in [0.29, 0.717) is 12.6 Å². The largest absolute Gasteiger partial charge is 0.399 e. The van der Waals surface area contributed by atoms with Gasteiger partial charge >= 0.3 is 0 Å². The molecule has 0 bridgehead atoms. The molecule has 0 amide bonds. The second kappa shape index (κ2) is 5.19. The number of hydrogen-bond acceptors (Lipinski definition) is 4. The third kappa shape index (κ3) is 3.32. The van der Waals surface area contributed by atoms with Gasteiger partial charge in [-0.05, 0) is 13.8 Å². The molecule has 0 aromatic heterocycles. The van der Waals surface area contributed by atoms with Gasteiger partial charge in [0.25, 0.3) is 0 Å². The number of nitrogens with zero attached hydrogens (tertiary/aromatic N) is 2. The minimum Gasteiger partial charge on any atom is -0.399 e. The molecule has 0 radical (unpaired) electrons. The molecule has 1 rings (SSSR count). The fraction of sp³-hybridized carbons (Fsp3) is 0.889. The molecule has 0 aromatic carbocycles. The van der Waals surface area contributed by atoms with E-state index in [-0.39, 0.29) is 0 Å². The van der Waals surface area contributed by atoms with E-state index in [4.69, 9.17) is 9.57 Å². The first-order valence-electron chi connectivity index (χ1n) is 4.64. The first-order valence-corrected chi connectivity index (χ1v) is 4.64. The SMILES string of the molecule is CO/N=C1\COCCN(C(C)C)C1. The van der Waals surface area contributed by atoms with Crippen molar-refractivity contribution >= 4 is 5.71 Å². The predicted octanol–water partition coefficient (Wildman–Crippen LogP) is 0.729. The quantitative estimate of drug-likeness (QED) is 0.596. The van der Waals surface area contributed by atoms with Crippen molar-refractivity contribution in [2.75, 3.05) is 33.4 Å². The van der Waals surface area contributed by atoms with Crippen LogP contribution in [0.25, 0.3) is 0 Å². The number of rotatable bonds is 2. The molecule has 4 heteroatoms. The van der Waals surface area contributed by atoms with Gasteiger partial charge in [0.1, 0.15) is 7.11 Å². The van der Waals surface area contributed by atoms with E-state index in [1.807, 2.05) is 0 Å². The van der Waals surface area contributed by atoms with Gasteiger partial charge in [-0.1, -0.05) is 5.16 Å². The lowest BCUT2D eigenvalue weighted by molar-refractivity contribution is 0.143. The fourth-order valence-corrected chi connectivity index (χ4v) is 1.36. The molecule has 0 N–H and O–H groups in total. The van der Waals surface area contributed by atoms with Gasteiger partial charge in [-0.25, -0.2) is 0 Å². The molecule has 13 heavy (non-hydrogen) atoms. The zero-order chi connectivity index (χ0) is 9.68. The van der Waals surface area contributed by atoms with Crippen molar-refractivity contribution in [2.45, 2.75) is 19.9 Å². The van der Waals surface area contributed by atoms with Crippen LogP contribution in [0.2, 0.25) is 0 Å². The Morgan fingerprint density at radius 2 is 2.31 bits per heavy atom. The van der Waals surface area contributed by atoms with E-state index in [2.05, 4.69) is 23.9 Å². The summed E-state index contributed by atoms with van der Waals surface area (Å²) >= 11 is 0. The summed E-state index contributed by atoms with van der Waals surface area (Å²) in [7, 11) is 1.57. The summed E-state index contributed by atoms with van der Waals surface area (Å²) in [6, 6.07) is 0.531. The topological polar surface area (TPSA) is 34.1 Å². The van der Waals surface area contributed by atoms with Crippen LogP contribution in [0.15, 0.2) is 5.16 Å². The third-order valence-electron chi connectivity index (χ3n) is 2.13. The van der Waals surface area contributed by atoms with Crippen LogP contribution in [-0.4, -0.2) is 50.1 Å². The van der Waals surface area contributed by atoms with E-state index in [9.17, 15) is 0 Å². The Bertz CT molecular complexity index is 180. The van der Waals surface area contributed by atoms with Gasteiger partial charge in [-0.3, -0.25) is 4.90 Å². The second-order valence-corrected chi connectivity index (χ2v) is 3.46. The van der Waals surface area contributed by atoms with Crippen LogP contribution in [0.3, 0.4) is 0 Å². The zero-order valence-electron chi connectivity index (χ0n) is 8.62. The van der Waals surface area contributed by atoms with Gasteiger partial charge in [-0.2, -0.15) is 0 Å². The zero-order valence-corrected chi connectivity index (χ0v) is 8.62. The molecular formula is C9H18N2O2. The maximum absolute atomic E-state index is 5.39. The van der Waals surface area contributed by atoms with Crippen molar-refractivity contribution in [3.05, 3.63) is 0 Å². The Balaban J connectivity index is 2.54. The normalized spacial score (nSPS) is 23.5. The molecule has 1 aliphatic heterocycles. The molecule has 1 heterocycles. The van der Waals surface area contributed by atoms with Crippen molar-refractivity contribution in [3.8, 4) is 0 Å². The van der Waals surface area contributed by atoms with Crippen LogP contribution < -0.4 is 0 Å².